The summed E-state index contributed by atoms with van der Waals surface area (Å²) < 4.78 is 0. The van der Waals surface area contributed by atoms with Gasteiger partial charge in [-0.1, -0.05) is 41.6 Å². The first kappa shape index (κ1) is 16.4. The van der Waals surface area contributed by atoms with E-state index in [2.05, 4.69) is 5.16 Å². The van der Waals surface area contributed by atoms with Crippen LogP contribution in [0.5, 0.6) is 0 Å². The third-order valence-electron chi connectivity index (χ3n) is 4.37. The molecular weight excluding hydrogens is 306 g/mol. The van der Waals surface area contributed by atoms with Gasteiger partial charge in [-0.2, -0.15) is 0 Å². The Labute approximate surface area is 140 Å². The third-order valence-corrected chi connectivity index (χ3v) is 4.37. The van der Waals surface area contributed by atoms with E-state index in [1.54, 1.807) is 0 Å². The number of carbonyl (C=O) groups excluding carboxylic acids is 1. The minimum Gasteiger partial charge on any atom is -0.399 e. The van der Waals surface area contributed by atoms with Crippen LogP contribution in [0.2, 0.25) is 0 Å². The van der Waals surface area contributed by atoms with Crippen molar-refractivity contribution in [1.29, 1.82) is 0 Å². The number of fused-ring (bicyclic) bond motifs is 1. The molecule has 2 unspecified atom stereocenters. The Morgan fingerprint density at radius 2 is 2.12 bits per heavy atom. The van der Waals surface area contributed by atoms with Crippen LogP contribution in [0.3, 0.4) is 0 Å². The second-order valence-electron chi connectivity index (χ2n) is 6.01. The van der Waals surface area contributed by atoms with Crippen LogP contribution in [0.4, 0.5) is 0 Å². The van der Waals surface area contributed by atoms with Crippen LogP contribution in [0.1, 0.15) is 18.1 Å². The molecule has 0 saturated carbocycles. The van der Waals surface area contributed by atoms with E-state index in [0.29, 0.717) is 19.5 Å². The molecule has 1 aliphatic heterocycles. The van der Waals surface area contributed by atoms with Gasteiger partial charge in [0, 0.05) is 19.5 Å². The molecule has 126 valence electrons. The van der Waals surface area contributed by atoms with E-state index in [9.17, 15) is 9.90 Å². The minimum absolute atomic E-state index is 0.314. The van der Waals surface area contributed by atoms with Crippen molar-refractivity contribution in [3.8, 4) is 0 Å². The van der Waals surface area contributed by atoms with E-state index in [0.717, 1.165) is 22.0 Å². The molecule has 3 rings (SSSR count). The van der Waals surface area contributed by atoms with Crippen molar-refractivity contribution in [1.82, 2.24) is 4.90 Å². The normalized spacial score (nSPS) is 21.2. The molecule has 3 N–H and O–H groups in total. The number of carbonyl (C=O) groups is 1. The lowest BCUT2D eigenvalue weighted by Crippen LogP contribution is -2.42. The lowest BCUT2D eigenvalue weighted by molar-refractivity contribution is -0.122. The van der Waals surface area contributed by atoms with Crippen molar-refractivity contribution in [3.05, 3.63) is 48.0 Å². The molecule has 0 radical (unpaired) electrons. The zero-order valence-electron chi connectivity index (χ0n) is 13.6. The lowest BCUT2D eigenvalue weighted by Gasteiger charge is -2.24. The molecule has 6 heteroatoms. The number of β-amino-alcohol motifs (C(OH)–C–C–N with tert-alkyl or cyclic N) is 1. The second kappa shape index (κ2) is 6.98. The summed E-state index contributed by atoms with van der Waals surface area (Å²) in [6, 6.07) is 13.4. The van der Waals surface area contributed by atoms with Gasteiger partial charge in [0.05, 0.1) is 17.9 Å². The number of likely N-dealkylation sites (tertiary alicyclic amines) is 1. The first-order valence-corrected chi connectivity index (χ1v) is 7.87. The van der Waals surface area contributed by atoms with Crippen LogP contribution in [-0.2, 0) is 9.63 Å². The summed E-state index contributed by atoms with van der Waals surface area (Å²) in [5.41, 5.74) is 7.05. The summed E-state index contributed by atoms with van der Waals surface area (Å²) in [5, 5.41) is 16.7. The Hall–Kier alpha value is -2.44. The number of nitrogens with two attached hydrogens (primary N) is 1. The fraction of sp³-hybridized carbons (Fsp3) is 0.333. The van der Waals surface area contributed by atoms with Crippen molar-refractivity contribution in [2.45, 2.75) is 18.6 Å². The molecule has 2 atom stereocenters. The molecule has 1 heterocycles. The van der Waals surface area contributed by atoms with Gasteiger partial charge in [0.15, 0.2) is 0 Å². The number of oxime groups is 1. The molecule has 24 heavy (non-hydrogen) atoms. The maximum Gasteiger partial charge on any atom is 0.235 e. The molecule has 0 aliphatic carbocycles. The van der Waals surface area contributed by atoms with Gasteiger partial charge in [0.25, 0.3) is 0 Å². The van der Waals surface area contributed by atoms with E-state index in [4.69, 9.17) is 10.6 Å². The van der Waals surface area contributed by atoms with Crippen LogP contribution in [0, 0.1) is 0 Å². The fourth-order valence-electron chi connectivity index (χ4n) is 3.17. The summed E-state index contributed by atoms with van der Waals surface area (Å²) in [6.45, 7) is 0.779. The number of rotatable bonds is 5. The molecule has 1 amide bonds. The Bertz CT molecular complexity index is 775. The van der Waals surface area contributed by atoms with Gasteiger partial charge >= 0.3 is 0 Å². The summed E-state index contributed by atoms with van der Waals surface area (Å²) in [5.74, 6) is -0.415. The van der Waals surface area contributed by atoms with Gasteiger partial charge in [-0.3, -0.25) is 9.69 Å². The molecule has 2 aromatic rings. The summed E-state index contributed by atoms with van der Waals surface area (Å²) in [6.07, 6.45) is -0.272. The van der Waals surface area contributed by atoms with Crippen LogP contribution >= 0.6 is 0 Å². The van der Waals surface area contributed by atoms with Crippen molar-refractivity contribution < 1.29 is 14.7 Å². The molecule has 0 bridgehead atoms. The van der Waals surface area contributed by atoms with Gasteiger partial charge < -0.3 is 15.7 Å². The van der Waals surface area contributed by atoms with Crippen molar-refractivity contribution in [3.63, 3.8) is 0 Å². The highest BCUT2D eigenvalue weighted by atomic mass is 16.6. The Balaban J connectivity index is 1.77. The highest BCUT2D eigenvalue weighted by molar-refractivity contribution is 5.95. The lowest BCUT2D eigenvalue weighted by atomic mass is 10.0. The number of hydrogen-bond acceptors (Lipinski definition) is 5. The summed E-state index contributed by atoms with van der Waals surface area (Å²) in [7, 11) is 1.47. The molecule has 6 nitrogen and oxygen atoms in total. The Kier molecular flexibility index (Phi) is 4.78. The van der Waals surface area contributed by atoms with Crippen LogP contribution in [0.25, 0.3) is 10.8 Å². The molecule has 1 aliphatic rings. The molecular formula is C18H21N3O3. The van der Waals surface area contributed by atoms with Crippen LogP contribution in [0.15, 0.2) is 47.6 Å². The summed E-state index contributed by atoms with van der Waals surface area (Å²) in [4.78, 5) is 18.3. The van der Waals surface area contributed by atoms with Crippen LogP contribution < -0.4 is 5.73 Å². The van der Waals surface area contributed by atoms with E-state index < -0.39 is 18.1 Å². The summed E-state index contributed by atoms with van der Waals surface area (Å²) >= 11 is 0. The average Bonchev–Trinajstić information content (AvgIpc) is 2.97. The molecule has 0 aromatic heterocycles. The maximum atomic E-state index is 11.7. The van der Waals surface area contributed by atoms with Crippen molar-refractivity contribution >= 4 is 22.4 Å². The monoisotopic (exact) mass is 327 g/mol. The second-order valence-corrected chi connectivity index (χ2v) is 6.01. The largest absolute Gasteiger partial charge is 0.399 e. The van der Waals surface area contributed by atoms with E-state index >= 15 is 0 Å². The zero-order valence-corrected chi connectivity index (χ0v) is 13.6. The molecule has 1 saturated heterocycles. The van der Waals surface area contributed by atoms with E-state index in [-0.39, 0.29) is 0 Å². The third kappa shape index (κ3) is 3.39. The van der Waals surface area contributed by atoms with Gasteiger partial charge in [0.1, 0.15) is 7.11 Å². The fourth-order valence-corrected chi connectivity index (χ4v) is 3.17. The first-order chi connectivity index (χ1) is 11.6. The number of primary amides is 1. The molecule has 1 fully saturated rings. The quantitative estimate of drug-likeness (QED) is 0.813. The highest BCUT2D eigenvalue weighted by Gasteiger charge is 2.34. The van der Waals surface area contributed by atoms with E-state index in [1.807, 2.05) is 47.4 Å². The molecule has 2 aromatic carbocycles. The van der Waals surface area contributed by atoms with Gasteiger partial charge in [-0.05, 0) is 22.4 Å². The number of amides is 1. The number of aliphatic hydroxyl groups is 1. The Morgan fingerprint density at radius 3 is 2.83 bits per heavy atom. The van der Waals surface area contributed by atoms with Gasteiger partial charge in [-0.15, -0.1) is 0 Å². The van der Waals surface area contributed by atoms with Crippen LogP contribution in [-0.4, -0.2) is 47.9 Å². The Morgan fingerprint density at radius 1 is 1.38 bits per heavy atom. The predicted octanol–water partition coefficient (Wildman–Crippen LogP) is 1.44. The van der Waals surface area contributed by atoms with E-state index in [1.165, 1.54) is 7.11 Å². The zero-order chi connectivity index (χ0) is 17.1. The maximum absolute atomic E-state index is 11.7. The number of hydrogen-bond donors (Lipinski definition) is 2. The number of aliphatic hydroxyl groups excluding tert-OH is 1. The number of benzene rings is 2. The minimum atomic E-state index is -0.710. The average molecular weight is 327 g/mol. The number of nitrogens with zero attached hydrogens (tertiary/aromatic N) is 2. The highest BCUT2D eigenvalue weighted by Crippen LogP contribution is 2.24. The predicted molar refractivity (Wildman–Crippen MR) is 92.5 cm³/mol. The standard InChI is InChI=1S/C18H21N3O3/c1-24-20-15-9-16(18(19)23)21(10-15)11-17(22)14-7-6-12-4-2-3-5-13(12)8-14/h2-8,16-17,22H,9-11H2,1H3,(H2,19,23). The molecule has 0 spiro atoms. The van der Waals surface area contributed by atoms with Crippen molar-refractivity contribution in [2.24, 2.45) is 10.9 Å². The van der Waals surface area contributed by atoms with Gasteiger partial charge in [0.2, 0.25) is 5.91 Å². The topological polar surface area (TPSA) is 88.2 Å². The van der Waals surface area contributed by atoms with Crippen molar-refractivity contribution in [2.75, 3.05) is 20.2 Å². The van der Waals surface area contributed by atoms with Gasteiger partial charge in [-0.25, -0.2) is 0 Å². The first-order valence-electron chi connectivity index (χ1n) is 7.87. The smallest absolute Gasteiger partial charge is 0.235 e. The SMILES string of the molecule is CON=C1CC(C(N)=O)N(CC(O)c2ccc3ccccc3c2)C1.